The fourth-order valence-electron chi connectivity index (χ4n) is 1.66. The van der Waals surface area contributed by atoms with Crippen LogP contribution in [0.3, 0.4) is 0 Å². The normalized spacial score (nSPS) is 11.9. The average Bonchev–Trinajstić information content (AvgIpc) is 2.40. The zero-order chi connectivity index (χ0) is 13.0. The first-order chi connectivity index (χ1) is 8.66. The molecule has 0 aliphatic heterocycles. The van der Waals surface area contributed by atoms with Gasteiger partial charge in [0.15, 0.2) is 0 Å². The molecule has 3 heteroatoms. The summed E-state index contributed by atoms with van der Waals surface area (Å²) >= 11 is 0. The number of anilines is 1. The lowest BCUT2D eigenvalue weighted by molar-refractivity contribution is 0.102. The van der Waals surface area contributed by atoms with Crippen LogP contribution in [0.15, 0.2) is 54.6 Å². The van der Waals surface area contributed by atoms with E-state index in [2.05, 4.69) is 5.32 Å². The molecule has 0 heterocycles. The number of carbonyl (C=O) groups excluding carboxylic acids is 1. The first-order valence-electron chi connectivity index (χ1n) is 5.89. The number of amides is 1. The van der Waals surface area contributed by atoms with Crippen LogP contribution < -0.4 is 11.1 Å². The first-order valence-corrected chi connectivity index (χ1v) is 5.89. The van der Waals surface area contributed by atoms with E-state index in [0.29, 0.717) is 5.56 Å². The van der Waals surface area contributed by atoms with Crippen molar-refractivity contribution >= 4 is 11.6 Å². The summed E-state index contributed by atoms with van der Waals surface area (Å²) in [7, 11) is 0. The van der Waals surface area contributed by atoms with Crippen LogP contribution in [-0.4, -0.2) is 5.91 Å². The van der Waals surface area contributed by atoms with Gasteiger partial charge in [-0.3, -0.25) is 4.79 Å². The molecule has 3 N–H and O–H groups in total. The van der Waals surface area contributed by atoms with Gasteiger partial charge in [-0.25, -0.2) is 0 Å². The summed E-state index contributed by atoms with van der Waals surface area (Å²) < 4.78 is 0. The van der Waals surface area contributed by atoms with Crippen molar-refractivity contribution in [2.45, 2.75) is 13.0 Å². The number of nitrogens with two attached hydrogens (primary N) is 1. The van der Waals surface area contributed by atoms with E-state index < -0.39 is 0 Å². The number of hydrogen-bond donors (Lipinski definition) is 2. The Bertz CT molecular complexity index is 518. The van der Waals surface area contributed by atoms with Crippen LogP contribution >= 0.6 is 0 Å². The van der Waals surface area contributed by atoms with Crippen molar-refractivity contribution in [3.8, 4) is 0 Å². The number of nitrogens with one attached hydrogen (secondary N) is 1. The Kier molecular flexibility index (Phi) is 3.75. The van der Waals surface area contributed by atoms with Gasteiger partial charge in [0.05, 0.1) is 0 Å². The quantitative estimate of drug-likeness (QED) is 0.866. The zero-order valence-electron chi connectivity index (χ0n) is 10.3. The fraction of sp³-hybridized carbons (Fsp3) is 0.133. The standard InChI is InChI=1S/C15H16N2O/c1-11(16)12-7-9-14(10-8-12)17-15(18)13-5-3-2-4-6-13/h2-11H,16H2,1H3,(H,17,18)/t11-/m1/s1. The molecule has 0 aliphatic rings. The van der Waals surface area contributed by atoms with Crippen molar-refractivity contribution in [3.05, 3.63) is 65.7 Å². The maximum atomic E-state index is 11.9. The maximum Gasteiger partial charge on any atom is 0.255 e. The third-order valence-electron chi connectivity index (χ3n) is 2.73. The minimum Gasteiger partial charge on any atom is -0.324 e. The molecule has 2 aromatic carbocycles. The predicted octanol–water partition coefficient (Wildman–Crippen LogP) is 2.96. The molecule has 0 aromatic heterocycles. The number of benzene rings is 2. The molecular weight excluding hydrogens is 224 g/mol. The van der Waals surface area contributed by atoms with Crippen LogP contribution in [0.1, 0.15) is 28.9 Å². The van der Waals surface area contributed by atoms with E-state index in [9.17, 15) is 4.79 Å². The maximum absolute atomic E-state index is 11.9. The van der Waals surface area contributed by atoms with Crippen molar-refractivity contribution in [1.82, 2.24) is 0 Å². The first kappa shape index (κ1) is 12.3. The van der Waals surface area contributed by atoms with E-state index in [1.807, 2.05) is 49.4 Å². The average molecular weight is 240 g/mol. The molecule has 0 fully saturated rings. The van der Waals surface area contributed by atoms with Crippen molar-refractivity contribution in [1.29, 1.82) is 0 Å². The molecular formula is C15H16N2O. The SMILES string of the molecule is C[C@@H](N)c1ccc(NC(=O)c2ccccc2)cc1. The van der Waals surface area contributed by atoms with E-state index in [4.69, 9.17) is 5.73 Å². The second-order valence-electron chi connectivity index (χ2n) is 4.23. The third kappa shape index (κ3) is 2.96. The monoisotopic (exact) mass is 240 g/mol. The molecule has 2 aromatic rings. The van der Waals surface area contributed by atoms with Crippen molar-refractivity contribution in [3.63, 3.8) is 0 Å². The zero-order valence-corrected chi connectivity index (χ0v) is 10.3. The number of carbonyl (C=O) groups is 1. The molecule has 3 nitrogen and oxygen atoms in total. The van der Waals surface area contributed by atoms with Gasteiger partial charge in [0, 0.05) is 17.3 Å². The molecule has 0 aliphatic carbocycles. The minimum absolute atomic E-state index is 0.00359. The van der Waals surface area contributed by atoms with E-state index in [1.165, 1.54) is 0 Å². The Balaban J connectivity index is 2.08. The second kappa shape index (κ2) is 5.47. The Labute approximate surface area is 107 Å². The molecule has 0 bridgehead atoms. The van der Waals surface area contributed by atoms with Gasteiger partial charge in [0.1, 0.15) is 0 Å². The molecule has 0 unspecified atom stereocenters. The summed E-state index contributed by atoms with van der Waals surface area (Å²) in [6.45, 7) is 1.93. The van der Waals surface area contributed by atoms with Gasteiger partial charge in [0.2, 0.25) is 0 Å². The lowest BCUT2D eigenvalue weighted by atomic mass is 10.1. The second-order valence-corrected chi connectivity index (χ2v) is 4.23. The minimum atomic E-state index is -0.107. The van der Waals surface area contributed by atoms with Crippen LogP contribution in [-0.2, 0) is 0 Å². The summed E-state index contributed by atoms with van der Waals surface area (Å²) in [5.74, 6) is -0.107. The van der Waals surface area contributed by atoms with Crippen LogP contribution in [0.2, 0.25) is 0 Å². The highest BCUT2D eigenvalue weighted by molar-refractivity contribution is 6.04. The van der Waals surface area contributed by atoms with Gasteiger partial charge in [-0.05, 0) is 36.8 Å². The van der Waals surface area contributed by atoms with Crippen molar-refractivity contribution in [2.24, 2.45) is 5.73 Å². The van der Waals surface area contributed by atoms with Gasteiger partial charge < -0.3 is 11.1 Å². The van der Waals surface area contributed by atoms with Gasteiger partial charge in [-0.15, -0.1) is 0 Å². The molecule has 1 atom stereocenters. The van der Waals surface area contributed by atoms with E-state index in [-0.39, 0.29) is 11.9 Å². The predicted molar refractivity (Wildman–Crippen MR) is 73.4 cm³/mol. The Morgan fingerprint density at radius 3 is 2.22 bits per heavy atom. The van der Waals surface area contributed by atoms with Crippen LogP contribution in [0.5, 0.6) is 0 Å². The van der Waals surface area contributed by atoms with Crippen molar-refractivity contribution < 1.29 is 4.79 Å². The lowest BCUT2D eigenvalue weighted by Gasteiger charge is -2.08. The highest BCUT2D eigenvalue weighted by Gasteiger charge is 2.05. The molecule has 0 saturated carbocycles. The highest BCUT2D eigenvalue weighted by atomic mass is 16.1. The summed E-state index contributed by atoms with van der Waals surface area (Å²) in [6.07, 6.45) is 0. The van der Waals surface area contributed by atoms with Gasteiger partial charge in [0.25, 0.3) is 5.91 Å². The smallest absolute Gasteiger partial charge is 0.255 e. The summed E-state index contributed by atoms with van der Waals surface area (Å²) in [5.41, 5.74) is 8.24. The van der Waals surface area contributed by atoms with Crippen LogP contribution in [0.25, 0.3) is 0 Å². The van der Waals surface area contributed by atoms with Gasteiger partial charge >= 0.3 is 0 Å². The van der Waals surface area contributed by atoms with Gasteiger partial charge in [-0.2, -0.15) is 0 Å². The molecule has 2 rings (SSSR count). The molecule has 0 radical (unpaired) electrons. The topological polar surface area (TPSA) is 55.1 Å². The van der Waals surface area contributed by atoms with Crippen molar-refractivity contribution in [2.75, 3.05) is 5.32 Å². The van der Waals surface area contributed by atoms with E-state index in [1.54, 1.807) is 12.1 Å². The summed E-state index contributed by atoms with van der Waals surface area (Å²) in [4.78, 5) is 11.9. The highest BCUT2D eigenvalue weighted by Crippen LogP contribution is 2.15. The molecule has 0 spiro atoms. The van der Waals surface area contributed by atoms with Crippen LogP contribution in [0, 0.1) is 0 Å². The molecule has 92 valence electrons. The fourth-order valence-corrected chi connectivity index (χ4v) is 1.66. The Hall–Kier alpha value is -2.13. The number of rotatable bonds is 3. The Morgan fingerprint density at radius 1 is 1.06 bits per heavy atom. The number of hydrogen-bond acceptors (Lipinski definition) is 2. The van der Waals surface area contributed by atoms with E-state index >= 15 is 0 Å². The summed E-state index contributed by atoms with van der Waals surface area (Å²) in [6, 6.07) is 16.7. The third-order valence-corrected chi connectivity index (χ3v) is 2.73. The molecule has 18 heavy (non-hydrogen) atoms. The molecule has 1 amide bonds. The van der Waals surface area contributed by atoms with Crippen LogP contribution in [0.4, 0.5) is 5.69 Å². The lowest BCUT2D eigenvalue weighted by Crippen LogP contribution is -2.12. The summed E-state index contributed by atoms with van der Waals surface area (Å²) in [5, 5.41) is 2.84. The largest absolute Gasteiger partial charge is 0.324 e. The van der Waals surface area contributed by atoms with Gasteiger partial charge in [-0.1, -0.05) is 30.3 Å². The molecule has 0 saturated heterocycles. The Morgan fingerprint density at radius 2 is 1.67 bits per heavy atom. The van der Waals surface area contributed by atoms with E-state index in [0.717, 1.165) is 11.3 Å².